The van der Waals surface area contributed by atoms with Crippen LogP contribution in [0, 0.1) is 0 Å². The molecule has 0 radical (unpaired) electrons. The molecule has 108 valence electrons. The van der Waals surface area contributed by atoms with E-state index in [4.69, 9.17) is 16.3 Å². The average molecular weight is 296 g/mol. The van der Waals surface area contributed by atoms with Crippen LogP contribution >= 0.6 is 11.6 Å². The van der Waals surface area contributed by atoms with Gasteiger partial charge in [0, 0.05) is 11.4 Å². The molecule has 1 saturated heterocycles. The second-order valence-electron chi connectivity index (χ2n) is 5.73. The van der Waals surface area contributed by atoms with Gasteiger partial charge in [0.25, 0.3) is 5.91 Å². The SMILES string of the molecule is CCCC1(O)CN(C(=O)C2Cc3cc(Cl)ccc3O2)C1. The Morgan fingerprint density at radius 1 is 1.55 bits per heavy atom. The number of hydrogen-bond acceptors (Lipinski definition) is 3. The molecule has 2 heterocycles. The normalized spacial score (nSPS) is 22.9. The van der Waals surface area contributed by atoms with Crippen molar-refractivity contribution >= 4 is 17.5 Å². The van der Waals surface area contributed by atoms with Gasteiger partial charge in [0.05, 0.1) is 18.7 Å². The van der Waals surface area contributed by atoms with Gasteiger partial charge >= 0.3 is 0 Å². The van der Waals surface area contributed by atoms with Gasteiger partial charge < -0.3 is 14.7 Å². The minimum atomic E-state index is -0.695. The molecule has 1 atom stereocenters. The Kier molecular flexibility index (Phi) is 3.38. The van der Waals surface area contributed by atoms with Gasteiger partial charge in [-0.1, -0.05) is 24.9 Å². The molecule has 1 N–H and O–H groups in total. The zero-order chi connectivity index (χ0) is 14.3. The number of ether oxygens (including phenoxy) is 1. The first-order valence-corrected chi connectivity index (χ1v) is 7.35. The number of β-amino-alcohol motifs (C(OH)–C–C–N with tert-alkyl or cyclic N) is 1. The minimum Gasteiger partial charge on any atom is -0.480 e. The zero-order valence-electron chi connectivity index (χ0n) is 11.4. The molecule has 5 heteroatoms. The lowest BCUT2D eigenvalue weighted by molar-refractivity contribution is -0.162. The van der Waals surface area contributed by atoms with Crippen LogP contribution in [0.4, 0.5) is 0 Å². The summed E-state index contributed by atoms with van der Waals surface area (Å²) in [6.07, 6.45) is 1.73. The third-order valence-corrected chi connectivity index (χ3v) is 4.20. The number of carbonyl (C=O) groups is 1. The summed E-state index contributed by atoms with van der Waals surface area (Å²) in [5, 5.41) is 10.8. The van der Waals surface area contributed by atoms with Crippen LogP contribution in [0.2, 0.25) is 5.02 Å². The van der Waals surface area contributed by atoms with E-state index in [1.807, 2.05) is 13.0 Å². The summed E-state index contributed by atoms with van der Waals surface area (Å²) in [4.78, 5) is 14.0. The van der Waals surface area contributed by atoms with Gasteiger partial charge in [-0.25, -0.2) is 0 Å². The molecule has 4 nitrogen and oxygen atoms in total. The lowest BCUT2D eigenvalue weighted by Gasteiger charge is -2.47. The van der Waals surface area contributed by atoms with Crippen LogP contribution in [-0.4, -0.2) is 40.7 Å². The summed E-state index contributed by atoms with van der Waals surface area (Å²) in [6.45, 7) is 2.86. The Balaban J connectivity index is 1.62. The number of benzene rings is 1. The van der Waals surface area contributed by atoms with Crippen molar-refractivity contribution in [3.8, 4) is 5.75 Å². The monoisotopic (exact) mass is 295 g/mol. The van der Waals surface area contributed by atoms with E-state index in [2.05, 4.69) is 0 Å². The second kappa shape index (κ2) is 4.93. The quantitative estimate of drug-likeness (QED) is 0.928. The van der Waals surface area contributed by atoms with Gasteiger partial charge in [-0.3, -0.25) is 4.79 Å². The Morgan fingerprint density at radius 2 is 2.30 bits per heavy atom. The maximum Gasteiger partial charge on any atom is 0.264 e. The lowest BCUT2D eigenvalue weighted by Crippen LogP contribution is -2.65. The smallest absolute Gasteiger partial charge is 0.264 e. The number of halogens is 1. The van der Waals surface area contributed by atoms with Gasteiger partial charge in [0.15, 0.2) is 6.10 Å². The van der Waals surface area contributed by atoms with Crippen molar-refractivity contribution in [3.63, 3.8) is 0 Å². The molecule has 1 unspecified atom stereocenters. The van der Waals surface area contributed by atoms with Gasteiger partial charge in [-0.2, -0.15) is 0 Å². The molecule has 0 aromatic heterocycles. The van der Waals surface area contributed by atoms with Gasteiger partial charge in [-0.05, 0) is 30.2 Å². The number of likely N-dealkylation sites (tertiary alicyclic amines) is 1. The van der Waals surface area contributed by atoms with Crippen LogP contribution in [0.5, 0.6) is 5.75 Å². The topological polar surface area (TPSA) is 49.8 Å². The van der Waals surface area contributed by atoms with Crippen LogP contribution < -0.4 is 4.74 Å². The molecule has 20 heavy (non-hydrogen) atoms. The zero-order valence-corrected chi connectivity index (χ0v) is 12.2. The highest BCUT2D eigenvalue weighted by Crippen LogP contribution is 2.33. The largest absolute Gasteiger partial charge is 0.480 e. The Hall–Kier alpha value is -1.26. The molecular formula is C15H18ClNO3. The molecule has 0 bridgehead atoms. The van der Waals surface area contributed by atoms with E-state index in [0.29, 0.717) is 24.5 Å². The molecule has 3 rings (SSSR count). The summed E-state index contributed by atoms with van der Waals surface area (Å²) in [6, 6.07) is 5.40. The first kappa shape index (κ1) is 13.7. The summed E-state index contributed by atoms with van der Waals surface area (Å²) in [7, 11) is 0. The predicted molar refractivity (Wildman–Crippen MR) is 76.0 cm³/mol. The first-order chi connectivity index (χ1) is 9.50. The molecule has 0 spiro atoms. The van der Waals surface area contributed by atoms with Gasteiger partial charge in [-0.15, -0.1) is 0 Å². The highest BCUT2D eigenvalue weighted by atomic mass is 35.5. The maximum absolute atomic E-state index is 12.3. The number of hydrogen-bond donors (Lipinski definition) is 1. The van der Waals surface area contributed by atoms with E-state index >= 15 is 0 Å². The van der Waals surface area contributed by atoms with E-state index in [0.717, 1.165) is 24.2 Å². The van der Waals surface area contributed by atoms with Gasteiger partial charge in [0.1, 0.15) is 5.75 Å². The summed E-state index contributed by atoms with van der Waals surface area (Å²) < 4.78 is 5.68. The van der Waals surface area contributed by atoms with Crippen molar-refractivity contribution < 1.29 is 14.6 Å². The molecule has 2 aliphatic heterocycles. The molecule has 0 saturated carbocycles. The Morgan fingerprint density at radius 3 is 3.00 bits per heavy atom. The molecule has 0 aliphatic carbocycles. The van der Waals surface area contributed by atoms with Crippen molar-refractivity contribution in [2.45, 2.75) is 37.9 Å². The van der Waals surface area contributed by atoms with E-state index in [-0.39, 0.29) is 5.91 Å². The third kappa shape index (κ3) is 2.38. The Labute approximate surface area is 123 Å². The fourth-order valence-electron chi connectivity index (χ4n) is 3.00. The number of rotatable bonds is 3. The fraction of sp³-hybridized carbons (Fsp3) is 0.533. The standard InChI is InChI=1S/C15H18ClNO3/c1-2-5-15(19)8-17(9-15)14(18)13-7-10-6-11(16)3-4-12(10)20-13/h3-4,6,13,19H,2,5,7-9H2,1H3. The number of nitrogens with zero attached hydrogens (tertiary/aromatic N) is 1. The molecule has 2 aliphatic rings. The lowest BCUT2D eigenvalue weighted by atomic mass is 9.88. The Bertz CT molecular complexity index is 540. The van der Waals surface area contributed by atoms with Crippen LogP contribution in [0.25, 0.3) is 0 Å². The molecule has 1 aromatic carbocycles. The van der Waals surface area contributed by atoms with Crippen molar-refractivity contribution in [2.75, 3.05) is 13.1 Å². The highest BCUT2D eigenvalue weighted by molar-refractivity contribution is 6.30. The van der Waals surface area contributed by atoms with Crippen LogP contribution in [0.15, 0.2) is 18.2 Å². The van der Waals surface area contributed by atoms with Crippen molar-refractivity contribution in [1.29, 1.82) is 0 Å². The molecule has 1 fully saturated rings. The van der Waals surface area contributed by atoms with E-state index in [1.165, 1.54) is 0 Å². The fourth-order valence-corrected chi connectivity index (χ4v) is 3.20. The number of carbonyl (C=O) groups excluding carboxylic acids is 1. The first-order valence-electron chi connectivity index (χ1n) is 6.97. The number of amides is 1. The molecular weight excluding hydrogens is 278 g/mol. The number of aliphatic hydroxyl groups is 1. The average Bonchev–Trinajstić information content (AvgIpc) is 2.78. The third-order valence-electron chi connectivity index (χ3n) is 3.97. The van der Waals surface area contributed by atoms with Crippen LogP contribution in [0.3, 0.4) is 0 Å². The maximum atomic E-state index is 12.3. The highest BCUT2D eigenvalue weighted by Gasteiger charge is 2.45. The predicted octanol–water partition coefficient (Wildman–Crippen LogP) is 2.02. The molecule has 1 amide bonds. The van der Waals surface area contributed by atoms with Crippen molar-refractivity contribution in [2.24, 2.45) is 0 Å². The van der Waals surface area contributed by atoms with Gasteiger partial charge in [0.2, 0.25) is 0 Å². The summed E-state index contributed by atoms with van der Waals surface area (Å²) in [5.41, 5.74) is 0.277. The van der Waals surface area contributed by atoms with E-state index in [9.17, 15) is 9.90 Å². The number of fused-ring (bicyclic) bond motifs is 1. The van der Waals surface area contributed by atoms with Crippen LogP contribution in [0.1, 0.15) is 25.3 Å². The summed E-state index contributed by atoms with van der Waals surface area (Å²) in [5.74, 6) is 0.690. The van der Waals surface area contributed by atoms with Crippen molar-refractivity contribution in [1.82, 2.24) is 4.90 Å². The second-order valence-corrected chi connectivity index (χ2v) is 6.17. The minimum absolute atomic E-state index is 0.0434. The van der Waals surface area contributed by atoms with E-state index < -0.39 is 11.7 Å². The molecule has 1 aromatic rings. The van der Waals surface area contributed by atoms with E-state index in [1.54, 1.807) is 17.0 Å². The van der Waals surface area contributed by atoms with Crippen LogP contribution in [-0.2, 0) is 11.2 Å². The summed E-state index contributed by atoms with van der Waals surface area (Å²) >= 11 is 5.94. The van der Waals surface area contributed by atoms with Crippen molar-refractivity contribution in [3.05, 3.63) is 28.8 Å².